The van der Waals surface area contributed by atoms with Gasteiger partial charge in [-0.05, 0) is 12.8 Å². The zero-order chi connectivity index (χ0) is 13.4. The van der Waals surface area contributed by atoms with Crippen molar-refractivity contribution in [3.05, 3.63) is 6.20 Å². The van der Waals surface area contributed by atoms with Gasteiger partial charge in [-0.1, -0.05) is 0 Å². The molecule has 2 atom stereocenters. The van der Waals surface area contributed by atoms with Gasteiger partial charge in [0.2, 0.25) is 5.91 Å². The minimum absolute atomic E-state index is 0.00837. The van der Waals surface area contributed by atoms with Gasteiger partial charge in [-0.2, -0.15) is 8.75 Å². The predicted molar refractivity (Wildman–Crippen MR) is 69.8 cm³/mol. The van der Waals surface area contributed by atoms with E-state index in [-0.39, 0.29) is 24.0 Å². The lowest BCUT2D eigenvalue weighted by Crippen LogP contribution is -2.45. The van der Waals surface area contributed by atoms with Gasteiger partial charge in [0.1, 0.15) is 0 Å². The highest BCUT2D eigenvalue weighted by atomic mass is 32.1. The molecule has 102 valence electrons. The van der Waals surface area contributed by atoms with Crippen LogP contribution in [0, 0.1) is 0 Å². The van der Waals surface area contributed by atoms with Gasteiger partial charge in [0.05, 0.1) is 24.0 Å². The number of nitrogens with zero attached hydrogens (tertiary/aromatic N) is 4. The largest absolute Gasteiger partial charge is 0.344 e. The zero-order valence-corrected chi connectivity index (χ0v) is 11.4. The lowest BCUT2D eigenvalue weighted by molar-refractivity contribution is -0.130. The molecule has 7 nitrogen and oxygen atoms in total. The van der Waals surface area contributed by atoms with Crippen LogP contribution in [0.3, 0.4) is 0 Å². The molecule has 0 aliphatic carbocycles. The number of hydrogen-bond acceptors (Lipinski definition) is 5. The molecule has 3 rings (SSSR count). The van der Waals surface area contributed by atoms with Crippen LogP contribution in [-0.2, 0) is 4.79 Å². The highest BCUT2D eigenvalue weighted by molar-refractivity contribution is 6.99. The summed E-state index contributed by atoms with van der Waals surface area (Å²) >= 11 is 1.05. The average molecular weight is 281 g/mol. The minimum Gasteiger partial charge on any atom is -0.344 e. The number of aromatic nitrogens is 2. The van der Waals surface area contributed by atoms with E-state index < -0.39 is 0 Å². The quantitative estimate of drug-likeness (QED) is 0.824. The summed E-state index contributed by atoms with van der Waals surface area (Å²) < 4.78 is 7.82. The monoisotopic (exact) mass is 281 g/mol. The van der Waals surface area contributed by atoms with E-state index in [2.05, 4.69) is 14.1 Å². The highest BCUT2D eigenvalue weighted by Crippen LogP contribution is 2.30. The third-order valence-corrected chi connectivity index (χ3v) is 4.25. The predicted octanol–water partition coefficient (Wildman–Crippen LogP) is 0.765. The van der Waals surface area contributed by atoms with E-state index in [9.17, 15) is 9.59 Å². The molecule has 0 spiro atoms. The van der Waals surface area contributed by atoms with Crippen LogP contribution in [0.4, 0.5) is 10.6 Å². The molecule has 1 aromatic heterocycles. The molecular weight excluding hydrogens is 266 g/mol. The number of likely N-dealkylation sites (N-methyl/N-ethyl adjacent to an activating group) is 1. The number of likely N-dealkylation sites (tertiary alicyclic amines) is 1. The van der Waals surface area contributed by atoms with Crippen LogP contribution < -0.4 is 5.32 Å². The Kier molecular flexibility index (Phi) is 3.09. The second-order valence-electron chi connectivity index (χ2n) is 4.99. The van der Waals surface area contributed by atoms with E-state index in [1.165, 1.54) is 6.20 Å². The molecule has 0 radical (unpaired) electrons. The first kappa shape index (κ1) is 12.3. The minimum atomic E-state index is -0.177. The molecule has 1 N–H and O–H groups in total. The van der Waals surface area contributed by atoms with E-state index in [4.69, 9.17) is 0 Å². The zero-order valence-electron chi connectivity index (χ0n) is 10.6. The first-order valence-corrected chi connectivity index (χ1v) is 6.99. The fraction of sp³-hybridized carbons (Fsp3) is 0.636. The molecule has 3 amide bonds. The van der Waals surface area contributed by atoms with Crippen molar-refractivity contribution < 1.29 is 9.59 Å². The second-order valence-corrected chi connectivity index (χ2v) is 5.55. The lowest BCUT2D eigenvalue weighted by Gasteiger charge is -2.27. The maximum absolute atomic E-state index is 12.3. The van der Waals surface area contributed by atoms with Crippen molar-refractivity contribution in [2.24, 2.45) is 0 Å². The highest BCUT2D eigenvalue weighted by Gasteiger charge is 2.42. The molecule has 2 saturated heterocycles. The standard InChI is InChI=1S/C11H15N5O2S/c1-15-6-8-3-2-7(4-10(15)17)16(8)11(18)13-9-5-12-19-14-9/h5,7-8H,2-4,6H2,1H3,(H,13,14,18)/t7-,8+/m1/s1. The average Bonchev–Trinajstić information content (AvgIpc) is 2.96. The van der Waals surface area contributed by atoms with Gasteiger partial charge in [0.25, 0.3) is 0 Å². The molecule has 0 unspecified atom stereocenters. The van der Waals surface area contributed by atoms with Gasteiger partial charge in [-0.15, -0.1) is 0 Å². The topological polar surface area (TPSA) is 78.4 Å². The number of urea groups is 1. The Morgan fingerprint density at radius 2 is 2.26 bits per heavy atom. The Balaban J connectivity index is 1.76. The van der Waals surface area contributed by atoms with E-state index in [1.807, 2.05) is 0 Å². The molecule has 2 aliphatic heterocycles. The van der Waals surface area contributed by atoms with Crippen molar-refractivity contribution in [3.8, 4) is 0 Å². The van der Waals surface area contributed by atoms with Gasteiger partial charge >= 0.3 is 6.03 Å². The number of carbonyl (C=O) groups is 2. The van der Waals surface area contributed by atoms with Gasteiger partial charge in [-0.3, -0.25) is 10.1 Å². The third kappa shape index (κ3) is 2.27. The Labute approximate surface area is 114 Å². The molecule has 3 heterocycles. The molecule has 2 fully saturated rings. The summed E-state index contributed by atoms with van der Waals surface area (Å²) in [6.07, 6.45) is 3.79. The van der Waals surface area contributed by atoms with Crippen LogP contribution in [0.2, 0.25) is 0 Å². The summed E-state index contributed by atoms with van der Waals surface area (Å²) in [5.41, 5.74) is 0. The summed E-state index contributed by atoms with van der Waals surface area (Å²) in [5.74, 6) is 0.582. The Bertz CT molecular complexity index is 491. The molecule has 2 bridgehead atoms. The first-order chi connectivity index (χ1) is 9.15. The Morgan fingerprint density at radius 3 is 3.00 bits per heavy atom. The molecule has 0 saturated carbocycles. The maximum atomic E-state index is 12.3. The van der Waals surface area contributed by atoms with Crippen LogP contribution in [0.25, 0.3) is 0 Å². The van der Waals surface area contributed by atoms with Crippen LogP contribution in [0.15, 0.2) is 6.20 Å². The summed E-state index contributed by atoms with van der Waals surface area (Å²) in [4.78, 5) is 27.7. The van der Waals surface area contributed by atoms with Crippen molar-refractivity contribution in [2.75, 3.05) is 18.9 Å². The molecule has 19 heavy (non-hydrogen) atoms. The van der Waals surface area contributed by atoms with Gasteiger partial charge in [0.15, 0.2) is 5.82 Å². The molecular formula is C11H15N5O2S. The van der Waals surface area contributed by atoms with Crippen molar-refractivity contribution in [3.63, 3.8) is 0 Å². The van der Waals surface area contributed by atoms with Crippen LogP contribution in [-0.4, -0.2) is 56.2 Å². The Hall–Kier alpha value is -1.70. The number of amides is 3. The fourth-order valence-corrected chi connectivity index (χ4v) is 3.22. The number of anilines is 1. The molecule has 8 heteroatoms. The number of carbonyl (C=O) groups excluding carboxylic acids is 2. The number of nitrogens with one attached hydrogen (secondary N) is 1. The van der Waals surface area contributed by atoms with E-state index in [1.54, 1.807) is 16.8 Å². The fourth-order valence-electron chi connectivity index (χ4n) is 2.84. The summed E-state index contributed by atoms with van der Waals surface area (Å²) in [6, 6.07) is -0.0645. The third-order valence-electron chi connectivity index (χ3n) is 3.77. The SMILES string of the molecule is CN1C[C@@H]2CC[C@H](CC1=O)N2C(=O)Nc1cnsn1. The van der Waals surface area contributed by atoms with Gasteiger partial charge in [-0.25, -0.2) is 4.79 Å². The second kappa shape index (κ2) is 4.76. The van der Waals surface area contributed by atoms with Crippen molar-refractivity contribution in [2.45, 2.75) is 31.3 Å². The number of hydrogen-bond donors (Lipinski definition) is 1. The van der Waals surface area contributed by atoms with Crippen molar-refractivity contribution in [1.29, 1.82) is 0 Å². The van der Waals surface area contributed by atoms with Crippen LogP contribution >= 0.6 is 11.7 Å². The lowest BCUT2D eigenvalue weighted by atomic mass is 10.1. The van der Waals surface area contributed by atoms with E-state index >= 15 is 0 Å². The van der Waals surface area contributed by atoms with Crippen LogP contribution in [0.1, 0.15) is 19.3 Å². The summed E-state index contributed by atoms with van der Waals surface area (Å²) in [5, 5.41) is 2.74. The van der Waals surface area contributed by atoms with E-state index in [0.717, 1.165) is 24.6 Å². The summed E-state index contributed by atoms with van der Waals surface area (Å²) in [6.45, 7) is 0.609. The number of fused-ring (bicyclic) bond motifs is 2. The molecule has 1 aromatic rings. The smallest absolute Gasteiger partial charge is 0.323 e. The van der Waals surface area contributed by atoms with Crippen molar-refractivity contribution in [1.82, 2.24) is 18.5 Å². The maximum Gasteiger partial charge on any atom is 0.323 e. The molecule has 2 aliphatic rings. The summed E-state index contributed by atoms with van der Waals surface area (Å²) in [7, 11) is 1.80. The van der Waals surface area contributed by atoms with Crippen LogP contribution in [0.5, 0.6) is 0 Å². The Morgan fingerprint density at radius 1 is 1.47 bits per heavy atom. The number of rotatable bonds is 1. The molecule has 0 aromatic carbocycles. The van der Waals surface area contributed by atoms with Gasteiger partial charge < -0.3 is 9.80 Å². The van der Waals surface area contributed by atoms with Gasteiger partial charge in [0, 0.05) is 26.1 Å². The first-order valence-electron chi connectivity index (χ1n) is 6.26. The van der Waals surface area contributed by atoms with Crippen molar-refractivity contribution >= 4 is 29.5 Å². The van der Waals surface area contributed by atoms with E-state index in [0.29, 0.717) is 18.8 Å². The normalized spacial score (nSPS) is 26.5.